The molecule has 2 aromatic rings. The number of para-hydroxylation sites is 2. The minimum atomic E-state index is -0.115. The maximum absolute atomic E-state index is 13.1. The Balaban J connectivity index is 1.45. The Bertz CT molecular complexity index is 993. The fraction of sp³-hybridized carbons (Fsp3) is 0.385. The van der Waals surface area contributed by atoms with E-state index < -0.39 is 0 Å². The van der Waals surface area contributed by atoms with Gasteiger partial charge in [0.1, 0.15) is 11.5 Å². The monoisotopic (exact) mass is 434 g/mol. The van der Waals surface area contributed by atoms with Crippen LogP contribution in [0.3, 0.4) is 0 Å². The third kappa shape index (κ3) is 4.96. The number of carbonyl (C=O) groups is 2. The van der Waals surface area contributed by atoms with Crippen LogP contribution in [0, 0.1) is 5.41 Å². The summed E-state index contributed by atoms with van der Waals surface area (Å²) in [6.45, 7) is 1.90. The van der Waals surface area contributed by atoms with Gasteiger partial charge in [-0.1, -0.05) is 42.5 Å². The van der Waals surface area contributed by atoms with Crippen LogP contribution in [0.25, 0.3) is 0 Å². The fourth-order valence-electron chi connectivity index (χ4n) is 4.47. The Morgan fingerprint density at radius 2 is 1.81 bits per heavy atom. The molecule has 1 saturated heterocycles. The molecule has 1 N–H and O–H groups in total. The molecule has 1 spiro atoms. The van der Waals surface area contributed by atoms with Gasteiger partial charge in [-0.2, -0.15) is 0 Å². The molecule has 0 aromatic heterocycles. The zero-order valence-electron chi connectivity index (χ0n) is 18.5. The molecule has 0 radical (unpaired) electrons. The molecule has 2 heterocycles. The molecule has 0 aliphatic carbocycles. The summed E-state index contributed by atoms with van der Waals surface area (Å²) in [5.41, 5.74) is 1.60. The molecule has 0 bridgehead atoms. The van der Waals surface area contributed by atoms with Crippen LogP contribution in [0.2, 0.25) is 0 Å². The maximum atomic E-state index is 13.1. The van der Waals surface area contributed by atoms with Crippen LogP contribution in [0.4, 0.5) is 0 Å². The van der Waals surface area contributed by atoms with Crippen molar-refractivity contribution in [3.63, 3.8) is 0 Å². The summed E-state index contributed by atoms with van der Waals surface area (Å²) in [7, 11) is 1.58. The second-order valence-corrected chi connectivity index (χ2v) is 8.55. The lowest BCUT2D eigenvalue weighted by Crippen LogP contribution is -2.48. The van der Waals surface area contributed by atoms with Crippen LogP contribution in [0.1, 0.15) is 35.2 Å². The maximum Gasteiger partial charge on any atom is 0.257 e. The summed E-state index contributed by atoms with van der Waals surface area (Å²) in [5, 5.41) is 3.06. The van der Waals surface area contributed by atoms with Crippen molar-refractivity contribution >= 4 is 11.8 Å². The van der Waals surface area contributed by atoms with E-state index in [-0.39, 0.29) is 23.8 Å². The first kappa shape index (κ1) is 21.9. The Hall–Kier alpha value is -3.28. The molecule has 168 valence electrons. The molecule has 4 rings (SSSR count). The third-order valence-corrected chi connectivity index (χ3v) is 6.50. The number of nitrogens with zero attached hydrogens (tertiary/aromatic N) is 1. The fourth-order valence-corrected chi connectivity index (χ4v) is 4.47. The van der Waals surface area contributed by atoms with Gasteiger partial charge in [0.25, 0.3) is 11.8 Å². The molecule has 6 heteroatoms. The zero-order valence-corrected chi connectivity index (χ0v) is 18.5. The highest BCUT2D eigenvalue weighted by Gasteiger charge is 2.36. The molecule has 0 saturated carbocycles. The molecule has 6 nitrogen and oxygen atoms in total. The second-order valence-electron chi connectivity index (χ2n) is 8.55. The summed E-state index contributed by atoms with van der Waals surface area (Å²) in [6, 6.07) is 15.2. The highest BCUT2D eigenvalue weighted by Crippen LogP contribution is 2.36. The van der Waals surface area contributed by atoms with E-state index >= 15 is 0 Å². The number of allylic oxidation sites excluding steroid dienone is 2. The highest BCUT2D eigenvalue weighted by atomic mass is 16.5. The van der Waals surface area contributed by atoms with E-state index in [0.29, 0.717) is 30.9 Å². The van der Waals surface area contributed by atoms with Crippen molar-refractivity contribution in [3.05, 3.63) is 71.8 Å². The number of hydrogen-bond donors (Lipinski definition) is 1. The molecule has 0 unspecified atom stereocenters. The lowest BCUT2D eigenvalue weighted by atomic mass is 9.75. The Kier molecular flexibility index (Phi) is 6.78. The Labute approximate surface area is 189 Å². The minimum Gasteiger partial charge on any atom is -0.496 e. The summed E-state index contributed by atoms with van der Waals surface area (Å²) in [5.74, 6) is 1.23. The number of benzene rings is 2. The highest BCUT2D eigenvalue weighted by molar-refractivity contribution is 5.97. The average molecular weight is 435 g/mol. The van der Waals surface area contributed by atoms with Gasteiger partial charge in [0, 0.05) is 19.6 Å². The first-order chi connectivity index (χ1) is 15.6. The number of ether oxygens (including phenoxy) is 2. The van der Waals surface area contributed by atoms with Gasteiger partial charge in [-0.3, -0.25) is 9.59 Å². The molecule has 2 aliphatic heterocycles. The van der Waals surface area contributed by atoms with E-state index in [4.69, 9.17) is 9.47 Å². The molecule has 2 amide bonds. The summed E-state index contributed by atoms with van der Waals surface area (Å²) in [6.07, 6.45) is 7.69. The normalized spacial score (nSPS) is 19.5. The first-order valence-electron chi connectivity index (χ1n) is 11.1. The van der Waals surface area contributed by atoms with Gasteiger partial charge in [-0.05, 0) is 54.9 Å². The van der Waals surface area contributed by atoms with E-state index in [1.165, 1.54) is 0 Å². The van der Waals surface area contributed by atoms with E-state index in [2.05, 4.69) is 17.5 Å². The van der Waals surface area contributed by atoms with Gasteiger partial charge in [0.2, 0.25) is 0 Å². The molecule has 1 fully saturated rings. The van der Waals surface area contributed by atoms with Crippen LogP contribution in [-0.2, 0) is 11.2 Å². The number of carbonyl (C=O) groups excluding carboxylic acids is 2. The van der Waals surface area contributed by atoms with Crippen molar-refractivity contribution in [2.45, 2.75) is 25.7 Å². The largest absolute Gasteiger partial charge is 0.496 e. The lowest BCUT2D eigenvalue weighted by molar-refractivity contribution is -0.123. The van der Waals surface area contributed by atoms with E-state index in [1.807, 2.05) is 53.4 Å². The number of hydrogen-bond acceptors (Lipinski definition) is 4. The van der Waals surface area contributed by atoms with Gasteiger partial charge in [-0.25, -0.2) is 0 Å². The standard InChI is InChI=1S/C26H30N2O4/c1-31-23-12-5-3-10-21(23)25(30)28-16-14-26(15-17-28)13-7-6-9-20-8-2-4-11-22(20)32-18-24(29)27-19-26/h2-8,10-12H,9,13-19H2,1H3,(H,27,29)/b7-6+. The van der Waals surface area contributed by atoms with E-state index in [9.17, 15) is 9.59 Å². The van der Waals surface area contributed by atoms with Crippen LogP contribution in [0.15, 0.2) is 60.7 Å². The molecular formula is C26H30N2O4. The van der Waals surface area contributed by atoms with Crippen molar-refractivity contribution < 1.29 is 19.1 Å². The van der Waals surface area contributed by atoms with Crippen molar-refractivity contribution in [1.82, 2.24) is 10.2 Å². The average Bonchev–Trinajstić information content (AvgIpc) is 2.84. The first-order valence-corrected chi connectivity index (χ1v) is 11.1. The molecule has 0 atom stereocenters. The van der Waals surface area contributed by atoms with Crippen LogP contribution in [0.5, 0.6) is 11.5 Å². The quantitative estimate of drug-likeness (QED) is 0.734. The summed E-state index contributed by atoms with van der Waals surface area (Å²) in [4.78, 5) is 27.4. The van der Waals surface area contributed by atoms with E-state index in [1.54, 1.807) is 7.11 Å². The lowest BCUT2D eigenvalue weighted by Gasteiger charge is -2.41. The number of piperidine rings is 1. The predicted molar refractivity (Wildman–Crippen MR) is 123 cm³/mol. The van der Waals surface area contributed by atoms with Gasteiger partial charge in [0.15, 0.2) is 6.61 Å². The Morgan fingerprint density at radius 1 is 1.06 bits per heavy atom. The van der Waals surface area contributed by atoms with Gasteiger partial charge in [0.05, 0.1) is 12.7 Å². The van der Waals surface area contributed by atoms with Crippen LogP contribution < -0.4 is 14.8 Å². The van der Waals surface area contributed by atoms with Gasteiger partial charge >= 0.3 is 0 Å². The smallest absolute Gasteiger partial charge is 0.257 e. The molecular weight excluding hydrogens is 404 g/mol. The van der Waals surface area contributed by atoms with Crippen molar-refractivity contribution in [2.24, 2.45) is 5.41 Å². The van der Waals surface area contributed by atoms with E-state index in [0.717, 1.165) is 37.0 Å². The topological polar surface area (TPSA) is 67.9 Å². The number of amides is 2. The summed E-state index contributed by atoms with van der Waals surface area (Å²) < 4.78 is 11.1. The summed E-state index contributed by atoms with van der Waals surface area (Å²) >= 11 is 0. The van der Waals surface area contributed by atoms with Crippen LogP contribution >= 0.6 is 0 Å². The van der Waals surface area contributed by atoms with Crippen molar-refractivity contribution in [1.29, 1.82) is 0 Å². The number of fused-ring (bicyclic) bond motifs is 1. The molecule has 32 heavy (non-hydrogen) atoms. The van der Waals surface area contributed by atoms with Gasteiger partial charge < -0.3 is 19.7 Å². The predicted octanol–water partition coefficient (Wildman–Crippen LogP) is 3.62. The zero-order chi connectivity index (χ0) is 22.4. The molecule has 2 aliphatic rings. The molecule has 2 aromatic carbocycles. The second kappa shape index (κ2) is 9.90. The minimum absolute atomic E-state index is 0.00459. The number of rotatable bonds is 2. The third-order valence-electron chi connectivity index (χ3n) is 6.50. The van der Waals surface area contributed by atoms with Crippen molar-refractivity contribution in [3.8, 4) is 11.5 Å². The SMILES string of the molecule is COc1ccccc1C(=O)N1CCC2(C/C=C/Cc3ccccc3OCC(=O)NC2)CC1. The number of nitrogens with one attached hydrogen (secondary N) is 1. The number of likely N-dealkylation sites (tertiary alicyclic amines) is 1. The Morgan fingerprint density at radius 3 is 2.62 bits per heavy atom. The van der Waals surface area contributed by atoms with Crippen LogP contribution in [-0.4, -0.2) is 50.1 Å². The van der Waals surface area contributed by atoms with Crippen molar-refractivity contribution in [2.75, 3.05) is 33.4 Å². The number of methoxy groups -OCH3 is 1. The van der Waals surface area contributed by atoms with Gasteiger partial charge in [-0.15, -0.1) is 0 Å².